The summed E-state index contributed by atoms with van der Waals surface area (Å²) in [6.45, 7) is 1.84. The van der Waals surface area contributed by atoms with E-state index in [0.717, 1.165) is 18.8 Å². The monoisotopic (exact) mass is 285 g/mol. The highest BCUT2D eigenvalue weighted by atomic mass is 32.2. The number of carbonyl (C=O) groups excluding carboxylic acids is 1. The van der Waals surface area contributed by atoms with E-state index in [9.17, 15) is 4.79 Å². The fourth-order valence-corrected chi connectivity index (χ4v) is 4.07. The second-order valence-electron chi connectivity index (χ2n) is 6.03. The van der Waals surface area contributed by atoms with Crippen LogP contribution >= 0.6 is 11.8 Å². The highest BCUT2D eigenvalue weighted by Crippen LogP contribution is 2.33. The molecule has 1 saturated heterocycles. The number of hydrogen-bond donors (Lipinski definition) is 2. The zero-order valence-electron chi connectivity index (χ0n) is 12.2. The van der Waals surface area contributed by atoms with Gasteiger partial charge in [-0.25, -0.2) is 0 Å². The lowest BCUT2D eigenvalue weighted by Crippen LogP contribution is -2.51. The van der Waals surface area contributed by atoms with Gasteiger partial charge in [0.1, 0.15) is 0 Å². The third-order valence-electron chi connectivity index (χ3n) is 4.53. The Kier molecular flexibility index (Phi) is 5.54. The summed E-state index contributed by atoms with van der Waals surface area (Å²) in [6.07, 6.45) is 5.61. The van der Waals surface area contributed by atoms with Gasteiger partial charge < -0.3 is 15.5 Å². The summed E-state index contributed by atoms with van der Waals surface area (Å²) in [5, 5.41) is 6.58. The molecule has 0 aromatic rings. The number of nitrogens with one attached hydrogen (secondary N) is 2. The number of carbonyl (C=O) groups is 1. The van der Waals surface area contributed by atoms with E-state index in [4.69, 9.17) is 0 Å². The SMILES string of the molecule is CN(C)C1(CNC(=O)CC2CSCCN2)CCCC1. The molecular formula is C14H27N3OS. The number of rotatable bonds is 5. The van der Waals surface area contributed by atoms with Gasteiger partial charge >= 0.3 is 0 Å². The molecule has 4 nitrogen and oxygen atoms in total. The predicted molar refractivity (Wildman–Crippen MR) is 81.6 cm³/mol. The molecule has 0 aromatic carbocycles. The molecular weight excluding hydrogens is 258 g/mol. The highest BCUT2D eigenvalue weighted by Gasteiger charge is 2.36. The Morgan fingerprint density at radius 2 is 2.16 bits per heavy atom. The van der Waals surface area contributed by atoms with Crippen LogP contribution in [0, 0.1) is 0 Å². The minimum absolute atomic E-state index is 0.199. The van der Waals surface area contributed by atoms with Gasteiger partial charge in [0, 0.05) is 42.6 Å². The van der Waals surface area contributed by atoms with Crippen molar-refractivity contribution in [3.8, 4) is 0 Å². The number of likely N-dealkylation sites (N-methyl/N-ethyl adjacent to an activating group) is 1. The van der Waals surface area contributed by atoms with Crippen molar-refractivity contribution in [3.63, 3.8) is 0 Å². The molecule has 1 unspecified atom stereocenters. The Morgan fingerprint density at radius 3 is 2.74 bits per heavy atom. The molecule has 0 spiro atoms. The molecule has 1 aliphatic heterocycles. The minimum atomic E-state index is 0.199. The maximum absolute atomic E-state index is 12.1. The summed E-state index contributed by atoms with van der Waals surface area (Å²) in [7, 11) is 4.27. The summed E-state index contributed by atoms with van der Waals surface area (Å²) in [5.41, 5.74) is 0.199. The number of thioether (sulfide) groups is 1. The Morgan fingerprint density at radius 1 is 1.42 bits per heavy atom. The number of amides is 1. The van der Waals surface area contributed by atoms with Crippen LogP contribution in [-0.2, 0) is 4.79 Å². The number of nitrogens with zero attached hydrogens (tertiary/aromatic N) is 1. The van der Waals surface area contributed by atoms with E-state index in [1.54, 1.807) is 0 Å². The van der Waals surface area contributed by atoms with Crippen molar-refractivity contribution in [1.29, 1.82) is 0 Å². The van der Waals surface area contributed by atoms with E-state index >= 15 is 0 Å². The van der Waals surface area contributed by atoms with Crippen LogP contribution in [0.1, 0.15) is 32.1 Å². The van der Waals surface area contributed by atoms with Crippen LogP contribution in [0.3, 0.4) is 0 Å². The van der Waals surface area contributed by atoms with Crippen LogP contribution < -0.4 is 10.6 Å². The fraction of sp³-hybridized carbons (Fsp3) is 0.929. The second-order valence-corrected chi connectivity index (χ2v) is 7.18. The molecule has 5 heteroatoms. The molecule has 0 aromatic heterocycles. The average molecular weight is 285 g/mol. The quantitative estimate of drug-likeness (QED) is 0.793. The molecule has 1 heterocycles. The smallest absolute Gasteiger partial charge is 0.221 e. The van der Waals surface area contributed by atoms with Gasteiger partial charge in [0.15, 0.2) is 0 Å². The second kappa shape index (κ2) is 6.95. The van der Waals surface area contributed by atoms with E-state index in [-0.39, 0.29) is 11.4 Å². The van der Waals surface area contributed by atoms with Gasteiger partial charge in [0.2, 0.25) is 5.91 Å². The normalized spacial score (nSPS) is 26.6. The average Bonchev–Trinajstić information content (AvgIpc) is 2.88. The van der Waals surface area contributed by atoms with E-state index in [1.807, 2.05) is 11.8 Å². The molecule has 1 saturated carbocycles. The van der Waals surface area contributed by atoms with Crippen LogP contribution in [-0.4, -0.2) is 61.1 Å². The molecule has 0 bridgehead atoms. The Bertz CT molecular complexity index is 297. The third kappa shape index (κ3) is 4.10. The van der Waals surface area contributed by atoms with Crippen LogP contribution in [0.2, 0.25) is 0 Å². The van der Waals surface area contributed by atoms with E-state index < -0.39 is 0 Å². The summed E-state index contributed by atoms with van der Waals surface area (Å²) in [6, 6.07) is 0.359. The summed E-state index contributed by atoms with van der Waals surface area (Å²) < 4.78 is 0. The van der Waals surface area contributed by atoms with Crippen molar-refractivity contribution < 1.29 is 4.79 Å². The first-order valence-corrected chi connectivity index (χ1v) is 8.53. The topological polar surface area (TPSA) is 44.4 Å². The van der Waals surface area contributed by atoms with E-state index in [0.29, 0.717) is 12.5 Å². The van der Waals surface area contributed by atoms with Gasteiger partial charge in [-0.2, -0.15) is 11.8 Å². The first-order chi connectivity index (χ1) is 9.12. The van der Waals surface area contributed by atoms with Crippen LogP contribution in [0.15, 0.2) is 0 Å². The van der Waals surface area contributed by atoms with Gasteiger partial charge in [-0.05, 0) is 26.9 Å². The molecule has 1 aliphatic carbocycles. The predicted octanol–water partition coefficient (Wildman–Crippen LogP) is 1.07. The third-order valence-corrected chi connectivity index (χ3v) is 5.66. The molecule has 0 radical (unpaired) electrons. The van der Waals surface area contributed by atoms with Gasteiger partial charge in [-0.3, -0.25) is 4.79 Å². The standard InChI is InChI=1S/C14H27N3OS/c1-17(2)14(5-3-4-6-14)11-16-13(18)9-12-10-19-8-7-15-12/h12,15H,3-11H2,1-2H3,(H,16,18). The molecule has 2 rings (SSSR count). The summed E-state index contributed by atoms with van der Waals surface area (Å²) in [5.74, 6) is 2.43. The molecule has 19 heavy (non-hydrogen) atoms. The molecule has 110 valence electrons. The maximum Gasteiger partial charge on any atom is 0.221 e. The van der Waals surface area contributed by atoms with Crippen LogP contribution in [0.25, 0.3) is 0 Å². The fourth-order valence-electron chi connectivity index (χ4n) is 3.13. The Hall–Kier alpha value is -0.260. The molecule has 2 fully saturated rings. The highest BCUT2D eigenvalue weighted by molar-refractivity contribution is 7.99. The van der Waals surface area contributed by atoms with Gasteiger partial charge in [-0.1, -0.05) is 12.8 Å². The van der Waals surface area contributed by atoms with Crippen molar-refractivity contribution in [2.24, 2.45) is 0 Å². The van der Waals surface area contributed by atoms with Crippen molar-refractivity contribution in [1.82, 2.24) is 15.5 Å². The zero-order valence-corrected chi connectivity index (χ0v) is 13.0. The number of hydrogen-bond acceptors (Lipinski definition) is 4. The zero-order chi connectivity index (χ0) is 13.7. The lowest BCUT2D eigenvalue weighted by atomic mass is 9.96. The Labute approximate surface area is 121 Å². The molecule has 2 N–H and O–H groups in total. The molecule has 1 amide bonds. The molecule has 1 atom stereocenters. The van der Waals surface area contributed by atoms with Crippen molar-refractivity contribution in [3.05, 3.63) is 0 Å². The summed E-state index contributed by atoms with van der Waals surface area (Å²) >= 11 is 1.94. The van der Waals surface area contributed by atoms with Gasteiger partial charge in [0.05, 0.1) is 0 Å². The van der Waals surface area contributed by atoms with E-state index in [2.05, 4.69) is 29.6 Å². The first-order valence-electron chi connectivity index (χ1n) is 7.38. The van der Waals surface area contributed by atoms with Gasteiger partial charge in [-0.15, -0.1) is 0 Å². The van der Waals surface area contributed by atoms with Crippen molar-refractivity contribution in [2.45, 2.75) is 43.7 Å². The minimum Gasteiger partial charge on any atom is -0.354 e. The van der Waals surface area contributed by atoms with Crippen LogP contribution in [0.5, 0.6) is 0 Å². The Balaban J connectivity index is 1.75. The first kappa shape index (κ1) is 15.1. The van der Waals surface area contributed by atoms with E-state index in [1.165, 1.54) is 31.4 Å². The largest absolute Gasteiger partial charge is 0.354 e. The van der Waals surface area contributed by atoms with Crippen LogP contribution in [0.4, 0.5) is 0 Å². The summed E-state index contributed by atoms with van der Waals surface area (Å²) in [4.78, 5) is 14.4. The van der Waals surface area contributed by atoms with Gasteiger partial charge in [0.25, 0.3) is 0 Å². The van der Waals surface area contributed by atoms with Crippen molar-refractivity contribution >= 4 is 17.7 Å². The van der Waals surface area contributed by atoms with Crippen molar-refractivity contribution in [2.75, 3.05) is 38.7 Å². The lowest BCUT2D eigenvalue weighted by Gasteiger charge is -2.36. The maximum atomic E-state index is 12.1. The lowest BCUT2D eigenvalue weighted by molar-refractivity contribution is -0.122. The molecule has 2 aliphatic rings.